The minimum Gasteiger partial charge on any atom is -0.392 e. The van der Waals surface area contributed by atoms with Gasteiger partial charge in [0.15, 0.2) is 0 Å². The van der Waals surface area contributed by atoms with Crippen molar-refractivity contribution in [1.82, 2.24) is 10.6 Å². The lowest BCUT2D eigenvalue weighted by Gasteiger charge is -2.26. The van der Waals surface area contributed by atoms with Crippen LogP contribution >= 0.6 is 0 Å². The molecule has 1 heterocycles. The number of hydrogen-bond acceptors (Lipinski definition) is 4. The lowest BCUT2D eigenvalue weighted by atomic mass is 9.95. The van der Waals surface area contributed by atoms with Gasteiger partial charge in [-0.25, -0.2) is 0 Å². The van der Waals surface area contributed by atoms with Gasteiger partial charge in [0, 0.05) is 6.54 Å². The molecule has 1 fully saturated rings. The van der Waals surface area contributed by atoms with Crippen LogP contribution in [0.2, 0.25) is 0 Å². The summed E-state index contributed by atoms with van der Waals surface area (Å²) in [5.74, 6) is -0.0858. The van der Waals surface area contributed by atoms with Crippen molar-refractivity contribution in [2.24, 2.45) is 0 Å². The fourth-order valence-corrected chi connectivity index (χ4v) is 2.56. The Morgan fingerprint density at radius 3 is 2.62 bits per heavy atom. The minimum atomic E-state index is -0.792. The van der Waals surface area contributed by atoms with Gasteiger partial charge in [-0.15, -0.1) is 0 Å². The highest BCUT2D eigenvalue weighted by Gasteiger charge is 2.28. The molecule has 0 aliphatic carbocycles. The number of hydrogen-bond donors (Lipinski definition) is 4. The zero-order valence-electron chi connectivity index (χ0n) is 12.3. The first-order chi connectivity index (χ1) is 10.1. The summed E-state index contributed by atoms with van der Waals surface area (Å²) in [7, 11) is 0. The van der Waals surface area contributed by atoms with Gasteiger partial charge in [0.1, 0.15) is 0 Å². The summed E-state index contributed by atoms with van der Waals surface area (Å²) < 4.78 is 0. The second-order valence-corrected chi connectivity index (χ2v) is 5.76. The van der Waals surface area contributed by atoms with E-state index in [1.807, 2.05) is 24.3 Å². The molecule has 1 saturated heterocycles. The maximum Gasteiger partial charge on any atom is 0.224 e. The van der Waals surface area contributed by atoms with Crippen molar-refractivity contribution < 1.29 is 15.0 Å². The lowest BCUT2D eigenvalue weighted by Crippen LogP contribution is -2.43. The molecule has 5 heteroatoms. The smallest absolute Gasteiger partial charge is 0.224 e. The third-order valence-electron chi connectivity index (χ3n) is 3.95. The van der Waals surface area contributed by atoms with Gasteiger partial charge >= 0.3 is 0 Å². The maximum atomic E-state index is 12.0. The van der Waals surface area contributed by atoms with Crippen molar-refractivity contribution in [1.29, 1.82) is 0 Å². The van der Waals surface area contributed by atoms with Crippen LogP contribution in [-0.4, -0.2) is 41.4 Å². The highest BCUT2D eigenvalue weighted by atomic mass is 16.3. The molecule has 0 bridgehead atoms. The Hall–Kier alpha value is -1.43. The standard InChI is InChI=1S/C16H24N2O3/c19-11-14-4-2-13(3-5-14)10-15(20)18-12-16(21)6-1-8-17-9-7-16/h2-5,17,19,21H,1,6-12H2,(H,18,20)/t16-/m1/s1. The van der Waals surface area contributed by atoms with E-state index in [1.54, 1.807) is 0 Å². The molecule has 0 saturated carbocycles. The summed E-state index contributed by atoms with van der Waals surface area (Å²) in [6.07, 6.45) is 2.60. The van der Waals surface area contributed by atoms with Crippen molar-refractivity contribution in [3.8, 4) is 0 Å². The Balaban J connectivity index is 1.80. The first-order valence-electron chi connectivity index (χ1n) is 7.50. The monoisotopic (exact) mass is 292 g/mol. The number of aliphatic hydroxyl groups is 2. The van der Waals surface area contributed by atoms with E-state index in [0.29, 0.717) is 25.8 Å². The summed E-state index contributed by atoms with van der Waals surface area (Å²) >= 11 is 0. The van der Waals surface area contributed by atoms with E-state index in [0.717, 1.165) is 30.6 Å². The predicted molar refractivity (Wildman–Crippen MR) is 80.7 cm³/mol. The molecule has 5 nitrogen and oxygen atoms in total. The molecule has 0 spiro atoms. The predicted octanol–water partition coefficient (Wildman–Crippen LogP) is 0.342. The second-order valence-electron chi connectivity index (χ2n) is 5.76. The molecule has 2 rings (SSSR count). The van der Waals surface area contributed by atoms with Crippen molar-refractivity contribution >= 4 is 5.91 Å². The Bertz CT molecular complexity index is 451. The molecule has 1 atom stereocenters. The Labute approximate surface area is 125 Å². The van der Waals surface area contributed by atoms with Gasteiger partial charge in [-0.05, 0) is 43.5 Å². The molecule has 116 valence electrons. The molecule has 0 aromatic heterocycles. The number of rotatable bonds is 5. The molecular formula is C16H24N2O3. The van der Waals surface area contributed by atoms with E-state index in [-0.39, 0.29) is 12.5 Å². The van der Waals surface area contributed by atoms with Crippen LogP contribution < -0.4 is 10.6 Å². The van der Waals surface area contributed by atoms with Crippen LogP contribution in [-0.2, 0) is 17.8 Å². The quantitative estimate of drug-likeness (QED) is 0.631. The highest BCUT2D eigenvalue weighted by molar-refractivity contribution is 5.78. The highest BCUT2D eigenvalue weighted by Crippen LogP contribution is 2.18. The van der Waals surface area contributed by atoms with E-state index in [4.69, 9.17) is 5.11 Å². The molecule has 1 aromatic rings. The topological polar surface area (TPSA) is 81.6 Å². The van der Waals surface area contributed by atoms with Crippen molar-refractivity contribution in [3.63, 3.8) is 0 Å². The van der Waals surface area contributed by atoms with Gasteiger partial charge in [-0.3, -0.25) is 4.79 Å². The van der Waals surface area contributed by atoms with E-state index in [1.165, 1.54) is 0 Å². The summed E-state index contributed by atoms with van der Waals surface area (Å²) in [5, 5.41) is 25.5. The van der Waals surface area contributed by atoms with E-state index in [9.17, 15) is 9.90 Å². The summed E-state index contributed by atoms with van der Waals surface area (Å²) in [6, 6.07) is 7.31. The van der Waals surface area contributed by atoms with E-state index < -0.39 is 5.60 Å². The van der Waals surface area contributed by atoms with Crippen LogP contribution in [0.1, 0.15) is 30.4 Å². The lowest BCUT2D eigenvalue weighted by molar-refractivity contribution is -0.121. The van der Waals surface area contributed by atoms with Crippen molar-refractivity contribution in [2.45, 2.75) is 37.9 Å². The molecule has 21 heavy (non-hydrogen) atoms. The zero-order valence-corrected chi connectivity index (χ0v) is 12.3. The Morgan fingerprint density at radius 2 is 1.90 bits per heavy atom. The maximum absolute atomic E-state index is 12.0. The summed E-state index contributed by atoms with van der Waals surface area (Å²) in [6.45, 7) is 2.03. The van der Waals surface area contributed by atoms with Gasteiger partial charge in [-0.2, -0.15) is 0 Å². The second kappa shape index (κ2) is 7.54. The fraction of sp³-hybridized carbons (Fsp3) is 0.562. The summed E-state index contributed by atoms with van der Waals surface area (Å²) in [5.41, 5.74) is 0.943. The summed E-state index contributed by atoms with van der Waals surface area (Å²) in [4.78, 5) is 12.0. The number of benzene rings is 1. The first kappa shape index (κ1) is 15.9. The van der Waals surface area contributed by atoms with Crippen LogP contribution in [0.3, 0.4) is 0 Å². The van der Waals surface area contributed by atoms with Gasteiger partial charge in [-0.1, -0.05) is 24.3 Å². The minimum absolute atomic E-state index is 0.00748. The van der Waals surface area contributed by atoms with Gasteiger partial charge in [0.25, 0.3) is 0 Å². The third kappa shape index (κ3) is 5.12. The molecule has 0 unspecified atom stereocenters. The molecule has 1 aliphatic heterocycles. The molecule has 0 radical (unpaired) electrons. The van der Waals surface area contributed by atoms with Crippen molar-refractivity contribution in [3.05, 3.63) is 35.4 Å². The molecular weight excluding hydrogens is 268 g/mol. The van der Waals surface area contributed by atoms with Crippen molar-refractivity contribution in [2.75, 3.05) is 19.6 Å². The fourth-order valence-electron chi connectivity index (χ4n) is 2.56. The van der Waals surface area contributed by atoms with Gasteiger partial charge in [0.05, 0.1) is 18.6 Å². The molecule has 4 N–H and O–H groups in total. The van der Waals surface area contributed by atoms with Gasteiger partial charge in [0.2, 0.25) is 5.91 Å². The number of nitrogens with one attached hydrogen (secondary N) is 2. The zero-order chi connectivity index (χ0) is 15.1. The first-order valence-corrected chi connectivity index (χ1v) is 7.50. The van der Waals surface area contributed by atoms with Crippen LogP contribution in [0.4, 0.5) is 0 Å². The SMILES string of the molecule is O=C(Cc1ccc(CO)cc1)NC[C@@]1(O)CCCNCC1. The normalized spacial score (nSPS) is 22.6. The van der Waals surface area contributed by atoms with Crippen LogP contribution in [0.15, 0.2) is 24.3 Å². The molecule has 1 amide bonds. The van der Waals surface area contributed by atoms with Crippen LogP contribution in [0, 0.1) is 0 Å². The number of carbonyl (C=O) groups excluding carboxylic acids is 1. The number of carbonyl (C=O) groups is 1. The molecule has 1 aliphatic rings. The Kier molecular flexibility index (Phi) is 5.73. The third-order valence-corrected chi connectivity index (χ3v) is 3.95. The van der Waals surface area contributed by atoms with Crippen LogP contribution in [0.5, 0.6) is 0 Å². The van der Waals surface area contributed by atoms with Crippen LogP contribution in [0.25, 0.3) is 0 Å². The molecule has 1 aromatic carbocycles. The number of aliphatic hydroxyl groups excluding tert-OH is 1. The van der Waals surface area contributed by atoms with E-state index in [2.05, 4.69) is 10.6 Å². The average Bonchev–Trinajstić information content (AvgIpc) is 2.71. The Morgan fingerprint density at radius 1 is 1.19 bits per heavy atom. The average molecular weight is 292 g/mol. The largest absolute Gasteiger partial charge is 0.392 e. The van der Waals surface area contributed by atoms with E-state index >= 15 is 0 Å². The van der Waals surface area contributed by atoms with Gasteiger partial charge < -0.3 is 20.8 Å². The number of amides is 1.